The molecule has 0 radical (unpaired) electrons. The Hall–Kier alpha value is -1.14. The zero-order valence-corrected chi connectivity index (χ0v) is 12.8. The Bertz CT molecular complexity index is 320. The molecule has 1 heterocycles. The lowest BCUT2D eigenvalue weighted by Crippen LogP contribution is -2.40. The van der Waals surface area contributed by atoms with E-state index in [-0.39, 0.29) is 24.3 Å². The Balaban J connectivity index is 2.35. The van der Waals surface area contributed by atoms with Crippen LogP contribution in [0.1, 0.15) is 20.3 Å². The monoisotopic (exact) mass is 286 g/mol. The van der Waals surface area contributed by atoms with Crippen molar-refractivity contribution in [3.63, 3.8) is 0 Å². The van der Waals surface area contributed by atoms with Crippen LogP contribution in [0.25, 0.3) is 0 Å². The molecule has 1 saturated heterocycles. The highest BCUT2D eigenvalue weighted by Crippen LogP contribution is 2.08. The molecular weight excluding hydrogens is 260 g/mol. The van der Waals surface area contributed by atoms with E-state index < -0.39 is 0 Å². The maximum atomic E-state index is 12.0. The van der Waals surface area contributed by atoms with E-state index in [1.807, 2.05) is 18.7 Å². The van der Waals surface area contributed by atoms with Crippen molar-refractivity contribution in [2.45, 2.75) is 20.3 Å². The number of ether oxygens (including phenoxy) is 2. The molecule has 0 bridgehead atoms. The van der Waals surface area contributed by atoms with Crippen LogP contribution in [0, 0.1) is 5.92 Å². The van der Waals surface area contributed by atoms with Gasteiger partial charge in [0.15, 0.2) is 0 Å². The van der Waals surface area contributed by atoms with Crippen LogP contribution in [0.3, 0.4) is 0 Å². The zero-order chi connectivity index (χ0) is 15.0. The van der Waals surface area contributed by atoms with Crippen LogP contribution < -0.4 is 0 Å². The minimum atomic E-state index is -0.0139. The number of hydrogen-bond acceptors (Lipinski definition) is 4. The summed E-state index contributed by atoms with van der Waals surface area (Å²) in [5, 5.41) is 0. The van der Waals surface area contributed by atoms with Crippen LogP contribution in [0.4, 0.5) is 0 Å². The summed E-state index contributed by atoms with van der Waals surface area (Å²) >= 11 is 0. The summed E-state index contributed by atoms with van der Waals surface area (Å²) in [6, 6.07) is 0. The maximum absolute atomic E-state index is 12.0. The van der Waals surface area contributed by atoms with Gasteiger partial charge in [0.1, 0.15) is 6.61 Å². The van der Waals surface area contributed by atoms with E-state index in [1.165, 1.54) is 0 Å². The molecule has 0 atom stereocenters. The largest absolute Gasteiger partial charge is 0.382 e. The number of amides is 2. The molecule has 1 rings (SSSR count). The van der Waals surface area contributed by atoms with Crippen LogP contribution in [-0.2, 0) is 19.1 Å². The molecule has 0 aromatic rings. The van der Waals surface area contributed by atoms with Crippen molar-refractivity contribution in [1.82, 2.24) is 9.80 Å². The van der Waals surface area contributed by atoms with Crippen molar-refractivity contribution in [2.75, 3.05) is 53.1 Å². The third kappa shape index (κ3) is 5.46. The molecule has 0 spiro atoms. The van der Waals surface area contributed by atoms with Crippen LogP contribution in [0.2, 0.25) is 0 Å². The molecular formula is C14H26N2O4. The molecule has 0 aliphatic carbocycles. The molecule has 0 N–H and O–H groups in total. The van der Waals surface area contributed by atoms with Crippen LogP contribution in [-0.4, -0.2) is 74.7 Å². The Morgan fingerprint density at radius 2 is 1.70 bits per heavy atom. The van der Waals surface area contributed by atoms with Crippen molar-refractivity contribution in [1.29, 1.82) is 0 Å². The molecule has 20 heavy (non-hydrogen) atoms. The van der Waals surface area contributed by atoms with Crippen LogP contribution in [0.15, 0.2) is 0 Å². The standard InChI is InChI=1S/C14H26N2O4/c1-12(2)14(18)16-6-4-5-15(7-8-16)13(17)11-20-10-9-19-3/h12H,4-11H2,1-3H3. The van der Waals surface area contributed by atoms with Crippen LogP contribution in [0.5, 0.6) is 0 Å². The minimum Gasteiger partial charge on any atom is -0.382 e. The Morgan fingerprint density at radius 1 is 1.05 bits per heavy atom. The van der Waals surface area contributed by atoms with Gasteiger partial charge in [-0.05, 0) is 6.42 Å². The summed E-state index contributed by atoms with van der Waals surface area (Å²) < 4.78 is 10.1. The molecule has 0 aromatic heterocycles. The zero-order valence-electron chi connectivity index (χ0n) is 12.8. The summed E-state index contributed by atoms with van der Waals surface area (Å²) in [6.45, 7) is 7.42. The fourth-order valence-corrected chi connectivity index (χ4v) is 2.15. The number of carbonyl (C=O) groups is 2. The smallest absolute Gasteiger partial charge is 0.248 e. The summed E-state index contributed by atoms with van der Waals surface area (Å²) in [7, 11) is 1.60. The van der Waals surface area contributed by atoms with Gasteiger partial charge in [0.05, 0.1) is 13.2 Å². The third-order valence-corrected chi connectivity index (χ3v) is 3.31. The Labute approximate surface area is 121 Å². The van der Waals surface area contributed by atoms with Gasteiger partial charge in [0, 0.05) is 39.2 Å². The van der Waals surface area contributed by atoms with Crippen molar-refractivity contribution in [3.05, 3.63) is 0 Å². The Morgan fingerprint density at radius 3 is 2.35 bits per heavy atom. The molecule has 6 nitrogen and oxygen atoms in total. The van der Waals surface area contributed by atoms with Gasteiger partial charge in [-0.2, -0.15) is 0 Å². The first-order chi connectivity index (χ1) is 9.56. The molecule has 1 aliphatic rings. The van der Waals surface area contributed by atoms with Gasteiger partial charge in [0.25, 0.3) is 0 Å². The average Bonchev–Trinajstić information content (AvgIpc) is 2.68. The predicted molar refractivity (Wildman–Crippen MR) is 75.3 cm³/mol. The van der Waals surface area contributed by atoms with Gasteiger partial charge in [0.2, 0.25) is 11.8 Å². The fourth-order valence-electron chi connectivity index (χ4n) is 2.15. The number of nitrogens with zero attached hydrogens (tertiary/aromatic N) is 2. The summed E-state index contributed by atoms with van der Waals surface area (Å²) in [5.74, 6) is 0.158. The van der Waals surface area contributed by atoms with E-state index in [4.69, 9.17) is 9.47 Å². The second-order valence-corrected chi connectivity index (χ2v) is 5.26. The van der Waals surface area contributed by atoms with E-state index in [0.717, 1.165) is 13.0 Å². The molecule has 0 saturated carbocycles. The van der Waals surface area contributed by atoms with E-state index in [9.17, 15) is 9.59 Å². The number of carbonyl (C=O) groups excluding carboxylic acids is 2. The van der Waals surface area contributed by atoms with E-state index >= 15 is 0 Å². The number of hydrogen-bond donors (Lipinski definition) is 0. The highest BCUT2D eigenvalue weighted by Gasteiger charge is 2.23. The topological polar surface area (TPSA) is 59.1 Å². The molecule has 1 fully saturated rings. The lowest BCUT2D eigenvalue weighted by atomic mass is 10.2. The fraction of sp³-hybridized carbons (Fsp3) is 0.857. The predicted octanol–water partition coefficient (Wildman–Crippen LogP) is 0.366. The third-order valence-electron chi connectivity index (χ3n) is 3.31. The quantitative estimate of drug-likeness (QED) is 0.662. The van der Waals surface area contributed by atoms with Crippen molar-refractivity contribution < 1.29 is 19.1 Å². The van der Waals surface area contributed by atoms with Gasteiger partial charge in [-0.1, -0.05) is 13.8 Å². The molecule has 1 aliphatic heterocycles. The molecule has 0 unspecified atom stereocenters. The average molecular weight is 286 g/mol. The first-order valence-electron chi connectivity index (χ1n) is 7.19. The number of rotatable bonds is 6. The van der Waals surface area contributed by atoms with Gasteiger partial charge in [-0.3, -0.25) is 9.59 Å². The molecule has 116 valence electrons. The van der Waals surface area contributed by atoms with Gasteiger partial charge in [-0.15, -0.1) is 0 Å². The normalized spacial score (nSPS) is 16.4. The minimum absolute atomic E-state index is 0.00892. The lowest BCUT2D eigenvalue weighted by Gasteiger charge is -2.23. The maximum Gasteiger partial charge on any atom is 0.248 e. The second-order valence-electron chi connectivity index (χ2n) is 5.26. The second kappa shape index (κ2) is 8.92. The highest BCUT2D eigenvalue weighted by atomic mass is 16.5. The summed E-state index contributed by atoms with van der Waals surface area (Å²) in [5.41, 5.74) is 0. The summed E-state index contributed by atoms with van der Waals surface area (Å²) in [4.78, 5) is 27.6. The van der Waals surface area contributed by atoms with Crippen molar-refractivity contribution in [2.24, 2.45) is 5.92 Å². The summed E-state index contributed by atoms with van der Waals surface area (Å²) in [6.07, 6.45) is 0.822. The highest BCUT2D eigenvalue weighted by molar-refractivity contribution is 5.79. The first-order valence-corrected chi connectivity index (χ1v) is 7.19. The van der Waals surface area contributed by atoms with Gasteiger partial charge < -0.3 is 19.3 Å². The molecule has 2 amide bonds. The lowest BCUT2D eigenvalue weighted by molar-refractivity contribution is -0.138. The van der Waals surface area contributed by atoms with E-state index in [0.29, 0.717) is 32.8 Å². The molecule has 6 heteroatoms. The Kier molecular flexibility index (Phi) is 7.54. The first kappa shape index (κ1) is 16.9. The van der Waals surface area contributed by atoms with E-state index in [2.05, 4.69) is 0 Å². The van der Waals surface area contributed by atoms with Gasteiger partial charge in [-0.25, -0.2) is 0 Å². The van der Waals surface area contributed by atoms with Crippen LogP contribution >= 0.6 is 0 Å². The van der Waals surface area contributed by atoms with Crippen molar-refractivity contribution in [3.8, 4) is 0 Å². The van der Waals surface area contributed by atoms with Crippen molar-refractivity contribution >= 4 is 11.8 Å². The number of methoxy groups -OCH3 is 1. The molecule has 0 aromatic carbocycles. The van der Waals surface area contributed by atoms with E-state index in [1.54, 1.807) is 12.0 Å². The SMILES string of the molecule is COCCOCC(=O)N1CCCN(C(=O)C(C)C)CC1. The van der Waals surface area contributed by atoms with Gasteiger partial charge >= 0.3 is 0 Å².